The van der Waals surface area contributed by atoms with Gasteiger partial charge in [0, 0.05) is 23.3 Å². The number of amides is 1. The molecule has 4 aromatic rings. The Balaban J connectivity index is 1.43. The van der Waals surface area contributed by atoms with Gasteiger partial charge in [-0.3, -0.25) is 13.8 Å². The molecule has 0 saturated carbocycles. The molecule has 0 aliphatic carbocycles. The number of halogens is 1. The molecule has 1 heterocycles. The Labute approximate surface area is 218 Å². The molecule has 0 unspecified atom stereocenters. The van der Waals surface area contributed by atoms with E-state index in [0.29, 0.717) is 27.6 Å². The number of hydrogen-bond donors (Lipinski definition) is 2. The van der Waals surface area contributed by atoms with Gasteiger partial charge >= 0.3 is 0 Å². The van der Waals surface area contributed by atoms with E-state index in [1.807, 2.05) is 0 Å². The van der Waals surface area contributed by atoms with Gasteiger partial charge in [0.15, 0.2) is 0 Å². The summed E-state index contributed by atoms with van der Waals surface area (Å²) in [5, 5.41) is 4.78. The van der Waals surface area contributed by atoms with Crippen molar-refractivity contribution in [2.24, 2.45) is 0 Å². The highest BCUT2D eigenvalue weighted by Gasteiger charge is 2.22. The van der Waals surface area contributed by atoms with E-state index < -0.39 is 26.0 Å². The predicted molar refractivity (Wildman–Crippen MR) is 143 cm³/mol. The minimum absolute atomic E-state index is 0.0137. The molecule has 8 nitrogen and oxygen atoms in total. The van der Waals surface area contributed by atoms with E-state index in [1.165, 1.54) is 67.7 Å². The van der Waals surface area contributed by atoms with Gasteiger partial charge in [0.05, 0.1) is 16.3 Å². The Hall–Kier alpha value is -3.38. The highest BCUT2D eigenvalue weighted by Crippen LogP contribution is 2.26. The summed E-state index contributed by atoms with van der Waals surface area (Å²) in [6, 6.07) is 21.3. The number of hydrogen-bond acceptors (Lipinski definition) is 6. The molecule has 0 atom stereocenters. The number of benzene rings is 3. The van der Waals surface area contributed by atoms with Gasteiger partial charge in [-0.2, -0.15) is 0 Å². The maximum absolute atomic E-state index is 12.7. The van der Waals surface area contributed by atoms with Crippen LogP contribution in [0.2, 0.25) is 5.02 Å². The van der Waals surface area contributed by atoms with Gasteiger partial charge in [0.2, 0.25) is 0 Å². The van der Waals surface area contributed by atoms with Crippen LogP contribution in [0, 0.1) is 0 Å². The maximum atomic E-state index is 12.7. The number of rotatable bonds is 8. The Morgan fingerprint density at radius 1 is 0.861 bits per heavy atom. The zero-order valence-electron chi connectivity index (χ0n) is 18.8. The third-order valence-corrected chi connectivity index (χ3v) is 9.89. The van der Waals surface area contributed by atoms with Gasteiger partial charge in [-0.1, -0.05) is 23.7 Å². The third kappa shape index (κ3) is 5.71. The fourth-order valence-corrected chi connectivity index (χ4v) is 6.79. The molecular weight excluding hydrogens is 542 g/mol. The second-order valence-corrected chi connectivity index (χ2v) is 12.8. The van der Waals surface area contributed by atoms with Crippen LogP contribution in [0.1, 0.15) is 10.4 Å². The summed E-state index contributed by atoms with van der Waals surface area (Å²) in [5.41, 5.74) is 1.43. The summed E-state index contributed by atoms with van der Waals surface area (Å²) in [6.45, 7) is 0. The van der Waals surface area contributed by atoms with Gasteiger partial charge in [-0.05, 0) is 78.2 Å². The van der Waals surface area contributed by atoms with Crippen LogP contribution in [0.25, 0.3) is 0 Å². The Morgan fingerprint density at radius 3 is 2.17 bits per heavy atom. The minimum atomic E-state index is -3.84. The van der Waals surface area contributed by atoms with E-state index in [-0.39, 0.29) is 9.10 Å². The summed E-state index contributed by atoms with van der Waals surface area (Å²) < 4.78 is 54.4. The highest BCUT2D eigenvalue weighted by atomic mass is 35.5. The molecule has 0 spiro atoms. The lowest BCUT2D eigenvalue weighted by Gasteiger charge is -2.18. The highest BCUT2D eigenvalue weighted by molar-refractivity contribution is 7.94. The van der Waals surface area contributed by atoms with Crippen LogP contribution in [0.5, 0.6) is 0 Å². The van der Waals surface area contributed by atoms with E-state index in [4.69, 9.17) is 11.6 Å². The zero-order valence-corrected chi connectivity index (χ0v) is 22.0. The second kappa shape index (κ2) is 10.3. The SMILES string of the molecule is CN(c1ccc(C(=O)Nc2ccc(S(=O)(=O)Nc3cccc(Cl)c3)cc2)cc1)S(=O)(=O)c1cccs1. The summed E-state index contributed by atoms with van der Waals surface area (Å²) in [6.07, 6.45) is 0. The fraction of sp³-hybridized carbons (Fsp3) is 0.0417. The van der Waals surface area contributed by atoms with Gasteiger partial charge < -0.3 is 5.32 Å². The van der Waals surface area contributed by atoms with Gasteiger partial charge in [-0.15, -0.1) is 11.3 Å². The number of anilines is 3. The number of sulfonamides is 2. The molecule has 4 rings (SSSR count). The van der Waals surface area contributed by atoms with Crippen LogP contribution < -0.4 is 14.3 Å². The quantitative estimate of drug-likeness (QED) is 0.304. The summed E-state index contributed by atoms with van der Waals surface area (Å²) in [4.78, 5) is 12.7. The smallest absolute Gasteiger partial charge is 0.273 e. The summed E-state index contributed by atoms with van der Waals surface area (Å²) in [5.74, 6) is -0.432. The largest absolute Gasteiger partial charge is 0.322 e. The molecule has 1 amide bonds. The first-order valence-corrected chi connectivity index (χ1v) is 14.6. The fourth-order valence-electron chi connectivity index (χ4n) is 3.19. The molecule has 36 heavy (non-hydrogen) atoms. The Bertz CT molecular complexity index is 1590. The molecule has 0 aliphatic rings. The van der Waals surface area contributed by atoms with E-state index in [2.05, 4.69) is 10.0 Å². The molecule has 0 bridgehead atoms. The van der Waals surface area contributed by atoms with Crippen molar-refractivity contribution in [1.29, 1.82) is 0 Å². The molecule has 0 radical (unpaired) electrons. The number of nitrogens with zero attached hydrogens (tertiary/aromatic N) is 1. The number of carbonyl (C=O) groups is 1. The molecule has 0 fully saturated rings. The van der Waals surface area contributed by atoms with Crippen LogP contribution in [-0.4, -0.2) is 29.8 Å². The van der Waals surface area contributed by atoms with Gasteiger partial charge in [0.25, 0.3) is 26.0 Å². The number of nitrogens with one attached hydrogen (secondary N) is 2. The first-order chi connectivity index (χ1) is 17.1. The molecule has 2 N–H and O–H groups in total. The third-order valence-electron chi connectivity index (χ3n) is 5.10. The molecule has 0 aliphatic heterocycles. The van der Waals surface area contributed by atoms with Crippen LogP contribution in [0.15, 0.2) is 99.4 Å². The molecule has 186 valence electrons. The normalized spacial score (nSPS) is 11.6. The Morgan fingerprint density at radius 2 is 1.56 bits per heavy atom. The molecule has 0 saturated heterocycles. The molecule has 12 heteroatoms. The van der Waals surface area contributed by atoms with Gasteiger partial charge in [0.1, 0.15) is 4.21 Å². The average Bonchev–Trinajstić information content (AvgIpc) is 3.40. The van der Waals surface area contributed by atoms with E-state index in [0.717, 1.165) is 15.6 Å². The lowest BCUT2D eigenvalue weighted by molar-refractivity contribution is 0.102. The van der Waals surface area contributed by atoms with Crippen molar-refractivity contribution >= 4 is 66.0 Å². The van der Waals surface area contributed by atoms with E-state index in [1.54, 1.807) is 29.6 Å². The standard InChI is InChI=1S/C24H20ClN3O5S3/c1-28(36(32,33)23-6-3-15-34-23)21-11-7-17(8-12-21)24(29)26-19-9-13-22(14-10-19)35(30,31)27-20-5-2-4-18(25)16-20/h2-16,27H,1H3,(H,26,29). The minimum Gasteiger partial charge on any atom is -0.322 e. The van der Waals surface area contributed by atoms with Crippen molar-refractivity contribution in [2.75, 3.05) is 21.4 Å². The first kappa shape index (κ1) is 25.7. The van der Waals surface area contributed by atoms with Crippen LogP contribution in [0.3, 0.4) is 0 Å². The second-order valence-electron chi connectivity index (χ2n) is 7.55. The van der Waals surface area contributed by atoms with E-state index >= 15 is 0 Å². The van der Waals surface area contributed by atoms with E-state index in [9.17, 15) is 21.6 Å². The average molecular weight is 562 g/mol. The van der Waals surface area contributed by atoms with Crippen LogP contribution >= 0.6 is 22.9 Å². The van der Waals surface area contributed by atoms with Crippen molar-refractivity contribution in [3.63, 3.8) is 0 Å². The number of thiophene rings is 1. The van der Waals surface area contributed by atoms with Gasteiger partial charge in [-0.25, -0.2) is 16.8 Å². The topological polar surface area (TPSA) is 113 Å². The number of carbonyl (C=O) groups excluding carboxylic acids is 1. The maximum Gasteiger partial charge on any atom is 0.273 e. The van der Waals surface area contributed by atoms with Crippen molar-refractivity contribution in [2.45, 2.75) is 9.10 Å². The lowest BCUT2D eigenvalue weighted by atomic mass is 10.2. The summed E-state index contributed by atoms with van der Waals surface area (Å²) in [7, 11) is -6.08. The predicted octanol–water partition coefficient (Wildman–Crippen LogP) is 5.28. The van der Waals surface area contributed by atoms with Crippen molar-refractivity contribution in [1.82, 2.24) is 0 Å². The summed E-state index contributed by atoms with van der Waals surface area (Å²) >= 11 is 7.03. The monoisotopic (exact) mass is 561 g/mol. The zero-order chi connectivity index (χ0) is 25.9. The van der Waals surface area contributed by atoms with Crippen molar-refractivity contribution < 1.29 is 21.6 Å². The molecule has 3 aromatic carbocycles. The van der Waals surface area contributed by atoms with Crippen molar-refractivity contribution in [3.05, 3.63) is 101 Å². The molecule has 1 aromatic heterocycles. The van der Waals surface area contributed by atoms with Crippen LogP contribution in [0.4, 0.5) is 17.1 Å². The molecular formula is C24H20ClN3O5S3. The van der Waals surface area contributed by atoms with Crippen LogP contribution in [-0.2, 0) is 20.0 Å². The lowest BCUT2D eigenvalue weighted by Crippen LogP contribution is -2.25. The Kier molecular flexibility index (Phi) is 7.36. The first-order valence-electron chi connectivity index (χ1n) is 10.4. The van der Waals surface area contributed by atoms with Crippen molar-refractivity contribution in [3.8, 4) is 0 Å².